The molecule has 0 spiro atoms. The van der Waals surface area contributed by atoms with Crippen LogP contribution in [0.1, 0.15) is 45.4 Å². The maximum atomic E-state index is 12.4. The molecule has 1 saturated heterocycles. The number of nitrogens with one attached hydrogen (secondary N) is 1. The lowest BCUT2D eigenvalue weighted by Gasteiger charge is -2.36. The molecule has 7 heteroatoms. The zero-order valence-corrected chi connectivity index (χ0v) is 20.2. The molecule has 1 N–H and O–H groups in total. The van der Waals surface area contributed by atoms with Gasteiger partial charge in [-0.05, 0) is 55.0 Å². The van der Waals surface area contributed by atoms with Gasteiger partial charge < -0.3 is 19.9 Å². The second-order valence-electron chi connectivity index (χ2n) is 8.37. The number of ether oxygens (including phenoxy) is 1. The summed E-state index contributed by atoms with van der Waals surface area (Å²) >= 11 is 5.85. The first-order valence-corrected chi connectivity index (χ1v) is 12.2. The van der Waals surface area contributed by atoms with E-state index in [1.807, 2.05) is 29.2 Å². The molecule has 0 unspecified atom stereocenters. The Kier molecular flexibility index (Phi) is 9.88. The molecule has 0 bridgehead atoms. The molecule has 3 rings (SSSR count). The summed E-state index contributed by atoms with van der Waals surface area (Å²) in [7, 11) is 0. The molecule has 1 heterocycles. The smallest absolute Gasteiger partial charge is 0.262 e. The first kappa shape index (κ1) is 24.9. The predicted molar refractivity (Wildman–Crippen MR) is 134 cm³/mol. The molecule has 6 nitrogen and oxygen atoms in total. The molecule has 0 saturated carbocycles. The minimum atomic E-state index is -0.223. The Morgan fingerprint density at radius 2 is 1.58 bits per heavy atom. The van der Waals surface area contributed by atoms with Crippen LogP contribution in [-0.4, -0.2) is 49.5 Å². The van der Waals surface area contributed by atoms with Crippen molar-refractivity contribution in [3.63, 3.8) is 0 Å². The Bertz CT molecular complexity index is 879. The van der Waals surface area contributed by atoms with Crippen LogP contribution in [0.5, 0.6) is 5.75 Å². The van der Waals surface area contributed by atoms with E-state index in [-0.39, 0.29) is 18.4 Å². The lowest BCUT2D eigenvalue weighted by atomic mass is 10.1. The Hall–Kier alpha value is -2.73. The minimum Gasteiger partial charge on any atom is -0.484 e. The van der Waals surface area contributed by atoms with E-state index in [2.05, 4.69) is 17.1 Å². The molecule has 0 atom stereocenters. The van der Waals surface area contributed by atoms with E-state index in [1.54, 1.807) is 24.3 Å². The van der Waals surface area contributed by atoms with E-state index >= 15 is 0 Å². The van der Waals surface area contributed by atoms with Crippen molar-refractivity contribution in [3.05, 3.63) is 53.6 Å². The molecule has 1 aliphatic heterocycles. The lowest BCUT2D eigenvalue weighted by molar-refractivity contribution is -0.131. The summed E-state index contributed by atoms with van der Waals surface area (Å²) in [6, 6.07) is 14.7. The maximum absolute atomic E-state index is 12.4. The van der Waals surface area contributed by atoms with Crippen molar-refractivity contribution >= 4 is 34.8 Å². The van der Waals surface area contributed by atoms with Crippen molar-refractivity contribution in [3.8, 4) is 5.75 Å². The highest BCUT2D eigenvalue weighted by Crippen LogP contribution is 2.20. The van der Waals surface area contributed by atoms with Gasteiger partial charge in [0.05, 0.1) is 0 Å². The maximum Gasteiger partial charge on any atom is 0.262 e. The first-order valence-electron chi connectivity index (χ1n) is 11.9. The predicted octanol–water partition coefficient (Wildman–Crippen LogP) is 5.37. The number of anilines is 2. The van der Waals surface area contributed by atoms with Crippen LogP contribution in [0.4, 0.5) is 11.4 Å². The van der Waals surface area contributed by atoms with Crippen LogP contribution in [-0.2, 0) is 9.59 Å². The molecule has 33 heavy (non-hydrogen) atoms. The normalized spacial score (nSPS) is 13.6. The highest BCUT2D eigenvalue weighted by atomic mass is 35.5. The number of nitrogens with zero attached hydrogens (tertiary/aromatic N) is 2. The molecule has 0 aromatic heterocycles. The van der Waals surface area contributed by atoms with Crippen LogP contribution in [0, 0.1) is 0 Å². The second-order valence-corrected chi connectivity index (χ2v) is 8.81. The van der Waals surface area contributed by atoms with Gasteiger partial charge in [-0.15, -0.1) is 0 Å². The number of piperazine rings is 1. The van der Waals surface area contributed by atoms with Crippen LogP contribution in [0.25, 0.3) is 0 Å². The van der Waals surface area contributed by atoms with Gasteiger partial charge in [0.15, 0.2) is 6.61 Å². The molecule has 178 valence electrons. The molecular formula is C26H34ClN3O3. The SMILES string of the molecule is CCCCCCCC(=O)N1CCN(c2ccc(NC(=O)COc3ccc(Cl)cc3)cc2)CC1. The van der Waals surface area contributed by atoms with Crippen LogP contribution in [0.2, 0.25) is 5.02 Å². The summed E-state index contributed by atoms with van der Waals surface area (Å²) in [4.78, 5) is 28.9. The number of amides is 2. The van der Waals surface area contributed by atoms with Gasteiger partial charge in [-0.3, -0.25) is 9.59 Å². The van der Waals surface area contributed by atoms with E-state index in [1.165, 1.54) is 19.3 Å². The van der Waals surface area contributed by atoms with E-state index in [9.17, 15) is 9.59 Å². The second kappa shape index (κ2) is 13.1. The van der Waals surface area contributed by atoms with Crippen molar-refractivity contribution in [2.45, 2.75) is 45.4 Å². The average molecular weight is 472 g/mol. The summed E-state index contributed by atoms with van der Waals surface area (Å²) in [5, 5.41) is 3.47. The molecule has 0 aliphatic carbocycles. The zero-order chi connectivity index (χ0) is 23.5. The Balaban J connectivity index is 1.38. The van der Waals surface area contributed by atoms with Crippen LogP contribution in [0.3, 0.4) is 0 Å². The molecular weight excluding hydrogens is 438 g/mol. The highest BCUT2D eigenvalue weighted by Gasteiger charge is 2.21. The summed E-state index contributed by atoms with van der Waals surface area (Å²) < 4.78 is 5.47. The summed E-state index contributed by atoms with van der Waals surface area (Å²) in [5.41, 5.74) is 1.82. The monoisotopic (exact) mass is 471 g/mol. The highest BCUT2D eigenvalue weighted by molar-refractivity contribution is 6.30. The molecule has 2 amide bonds. The van der Waals surface area contributed by atoms with Crippen molar-refractivity contribution in [1.29, 1.82) is 0 Å². The van der Waals surface area contributed by atoms with E-state index in [0.717, 1.165) is 50.4 Å². The third-order valence-corrected chi connectivity index (χ3v) is 6.08. The standard InChI is InChI=1S/C26H34ClN3O3/c1-2-3-4-5-6-7-26(32)30-18-16-29(17-19-30)23-12-10-22(11-13-23)28-25(31)20-33-24-14-8-21(27)9-15-24/h8-15H,2-7,16-20H2,1H3,(H,28,31). The first-order chi connectivity index (χ1) is 16.0. The van der Waals surface area contributed by atoms with Crippen molar-refractivity contribution in [2.75, 3.05) is 43.0 Å². The van der Waals surface area contributed by atoms with Gasteiger partial charge in [-0.25, -0.2) is 0 Å². The molecule has 2 aromatic carbocycles. The summed E-state index contributed by atoms with van der Waals surface area (Å²) in [5.74, 6) is 0.656. The molecule has 1 aliphatic rings. The van der Waals surface area contributed by atoms with Gasteiger partial charge in [-0.1, -0.05) is 44.2 Å². The fourth-order valence-corrected chi connectivity index (χ4v) is 4.01. The van der Waals surface area contributed by atoms with Crippen LogP contribution >= 0.6 is 11.6 Å². The quantitative estimate of drug-likeness (QED) is 0.448. The largest absolute Gasteiger partial charge is 0.484 e. The fraction of sp³-hybridized carbons (Fsp3) is 0.462. The Morgan fingerprint density at radius 3 is 2.24 bits per heavy atom. The lowest BCUT2D eigenvalue weighted by Crippen LogP contribution is -2.48. The average Bonchev–Trinajstić information content (AvgIpc) is 2.84. The number of halogens is 1. The van der Waals surface area contributed by atoms with Crippen LogP contribution in [0.15, 0.2) is 48.5 Å². The number of hydrogen-bond donors (Lipinski definition) is 1. The topological polar surface area (TPSA) is 61.9 Å². The molecule has 0 radical (unpaired) electrons. The number of hydrogen-bond acceptors (Lipinski definition) is 4. The Morgan fingerprint density at radius 1 is 0.909 bits per heavy atom. The Labute approximate surface area is 201 Å². The number of benzene rings is 2. The summed E-state index contributed by atoms with van der Waals surface area (Å²) in [6.07, 6.45) is 6.52. The third kappa shape index (κ3) is 8.28. The van der Waals surface area contributed by atoms with E-state index in [4.69, 9.17) is 16.3 Å². The van der Waals surface area contributed by atoms with Crippen molar-refractivity contribution in [1.82, 2.24) is 4.90 Å². The summed E-state index contributed by atoms with van der Waals surface area (Å²) in [6.45, 7) is 5.29. The molecule has 2 aromatic rings. The van der Waals surface area contributed by atoms with Gasteiger partial charge in [-0.2, -0.15) is 0 Å². The van der Waals surface area contributed by atoms with E-state index in [0.29, 0.717) is 17.2 Å². The van der Waals surface area contributed by atoms with E-state index < -0.39 is 0 Å². The third-order valence-electron chi connectivity index (χ3n) is 5.83. The zero-order valence-electron chi connectivity index (χ0n) is 19.4. The number of unbranched alkanes of at least 4 members (excludes halogenated alkanes) is 4. The minimum absolute atomic E-state index is 0.0715. The number of rotatable bonds is 11. The van der Waals surface area contributed by atoms with Crippen LogP contribution < -0.4 is 15.0 Å². The van der Waals surface area contributed by atoms with Gasteiger partial charge in [0, 0.05) is 49.0 Å². The fourth-order valence-electron chi connectivity index (χ4n) is 3.88. The van der Waals surface area contributed by atoms with Crippen molar-refractivity contribution < 1.29 is 14.3 Å². The van der Waals surface area contributed by atoms with Gasteiger partial charge >= 0.3 is 0 Å². The molecule has 1 fully saturated rings. The van der Waals surface area contributed by atoms with Gasteiger partial charge in [0.1, 0.15) is 5.75 Å². The number of carbonyl (C=O) groups excluding carboxylic acids is 2. The van der Waals surface area contributed by atoms with Crippen molar-refractivity contribution in [2.24, 2.45) is 0 Å². The van der Waals surface area contributed by atoms with Gasteiger partial charge in [0.25, 0.3) is 5.91 Å². The van der Waals surface area contributed by atoms with Gasteiger partial charge in [0.2, 0.25) is 5.91 Å². The number of carbonyl (C=O) groups is 2.